The van der Waals surface area contributed by atoms with E-state index in [1.54, 1.807) is 7.11 Å². The second kappa shape index (κ2) is 5.45. The van der Waals surface area contributed by atoms with Crippen molar-refractivity contribution in [2.45, 2.75) is 51.6 Å². The maximum absolute atomic E-state index is 10.8. The van der Waals surface area contributed by atoms with Crippen LogP contribution in [0.2, 0.25) is 0 Å². The van der Waals surface area contributed by atoms with Crippen molar-refractivity contribution < 1.29 is 9.84 Å². The van der Waals surface area contributed by atoms with Crippen LogP contribution in [0.15, 0.2) is 22.7 Å². The molecule has 2 nitrogen and oxygen atoms in total. The second-order valence-corrected chi connectivity index (χ2v) is 7.38. The van der Waals surface area contributed by atoms with Crippen LogP contribution in [-0.2, 0) is 6.42 Å². The molecule has 0 amide bonds. The first-order valence-corrected chi connectivity index (χ1v) is 7.68. The minimum absolute atomic E-state index is 0.373. The van der Waals surface area contributed by atoms with E-state index < -0.39 is 5.60 Å². The smallest absolute Gasteiger partial charge is 0.119 e. The van der Waals surface area contributed by atoms with E-state index in [2.05, 4.69) is 29.8 Å². The zero-order valence-electron chi connectivity index (χ0n) is 12.0. The van der Waals surface area contributed by atoms with Gasteiger partial charge in [0.05, 0.1) is 12.7 Å². The normalized spacial score (nSPS) is 21.1. The van der Waals surface area contributed by atoms with Crippen molar-refractivity contribution >= 4 is 15.9 Å². The van der Waals surface area contributed by atoms with E-state index in [0.717, 1.165) is 41.5 Å². The Morgan fingerprint density at radius 2 is 1.84 bits per heavy atom. The summed E-state index contributed by atoms with van der Waals surface area (Å²) < 4.78 is 6.31. The number of hydrogen-bond acceptors (Lipinski definition) is 2. The molecule has 0 saturated heterocycles. The number of rotatable bonds is 3. The van der Waals surface area contributed by atoms with Crippen LogP contribution in [0.1, 0.15) is 45.1 Å². The van der Waals surface area contributed by atoms with Gasteiger partial charge in [0.1, 0.15) is 5.75 Å². The van der Waals surface area contributed by atoms with Crippen molar-refractivity contribution in [1.29, 1.82) is 0 Å². The van der Waals surface area contributed by atoms with Gasteiger partial charge < -0.3 is 9.84 Å². The van der Waals surface area contributed by atoms with Crippen molar-refractivity contribution in [2.75, 3.05) is 7.11 Å². The Hall–Kier alpha value is -0.540. The van der Waals surface area contributed by atoms with E-state index in [9.17, 15) is 5.11 Å². The Morgan fingerprint density at radius 3 is 2.42 bits per heavy atom. The molecule has 0 aliphatic heterocycles. The van der Waals surface area contributed by atoms with Gasteiger partial charge in [0.15, 0.2) is 0 Å². The highest BCUT2D eigenvalue weighted by atomic mass is 79.9. The van der Waals surface area contributed by atoms with E-state index in [0.29, 0.717) is 11.8 Å². The molecular formula is C16H23BrO2. The lowest BCUT2D eigenvalue weighted by molar-refractivity contribution is -0.0252. The van der Waals surface area contributed by atoms with Crippen LogP contribution in [0.5, 0.6) is 5.75 Å². The number of aliphatic hydroxyl groups is 1. The van der Waals surface area contributed by atoms with Gasteiger partial charge in [-0.1, -0.05) is 29.8 Å². The van der Waals surface area contributed by atoms with Crippen molar-refractivity contribution in [1.82, 2.24) is 0 Å². The third-order valence-electron chi connectivity index (χ3n) is 4.31. The second-order valence-electron chi connectivity index (χ2n) is 6.52. The first kappa shape index (κ1) is 14.9. The van der Waals surface area contributed by atoms with Crippen LogP contribution < -0.4 is 4.74 Å². The molecule has 0 unspecified atom stereocenters. The highest BCUT2D eigenvalue weighted by Gasteiger charge is 2.36. The van der Waals surface area contributed by atoms with E-state index in [1.807, 2.05) is 18.2 Å². The zero-order chi connectivity index (χ0) is 14.1. The van der Waals surface area contributed by atoms with Crippen LogP contribution in [0.25, 0.3) is 0 Å². The lowest BCUT2D eigenvalue weighted by Gasteiger charge is -2.40. The largest absolute Gasteiger partial charge is 0.497 e. The molecule has 0 radical (unpaired) electrons. The quantitative estimate of drug-likeness (QED) is 0.895. The summed E-state index contributed by atoms with van der Waals surface area (Å²) in [4.78, 5) is 0. The molecule has 0 heterocycles. The fourth-order valence-electron chi connectivity index (χ4n) is 2.74. The van der Waals surface area contributed by atoms with E-state index >= 15 is 0 Å². The Morgan fingerprint density at radius 1 is 1.21 bits per heavy atom. The van der Waals surface area contributed by atoms with E-state index in [-0.39, 0.29) is 0 Å². The maximum Gasteiger partial charge on any atom is 0.119 e. The zero-order valence-corrected chi connectivity index (χ0v) is 13.6. The standard InChI is InChI=1S/C16H23BrO2/c1-15(2)6-8-16(18,9-7-15)11-12-10-13(19-3)4-5-14(12)17/h4-5,10,18H,6-9,11H2,1-3H3. The molecule has 0 aromatic heterocycles. The monoisotopic (exact) mass is 326 g/mol. The maximum atomic E-state index is 10.8. The summed E-state index contributed by atoms with van der Waals surface area (Å²) in [5.74, 6) is 0.845. The van der Waals surface area contributed by atoms with Gasteiger partial charge in [-0.15, -0.1) is 0 Å². The third kappa shape index (κ3) is 3.73. The van der Waals surface area contributed by atoms with Gasteiger partial charge >= 0.3 is 0 Å². The molecule has 1 aliphatic carbocycles. The molecule has 0 spiro atoms. The van der Waals surface area contributed by atoms with Crippen LogP contribution in [0.4, 0.5) is 0 Å². The van der Waals surface area contributed by atoms with Crippen molar-refractivity contribution in [2.24, 2.45) is 5.41 Å². The summed E-state index contributed by atoms with van der Waals surface area (Å²) in [6.07, 6.45) is 4.63. The highest BCUT2D eigenvalue weighted by molar-refractivity contribution is 9.10. The first-order chi connectivity index (χ1) is 8.84. The van der Waals surface area contributed by atoms with Gasteiger partial charge in [0.2, 0.25) is 0 Å². The minimum atomic E-state index is -0.565. The van der Waals surface area contributed by atoms with Crippen molar-refractivity contribution in [3.63, 3.8) is 0 Å². The van der Waals surface area contributed by atoms with Crippen LogP contribution in [0, 0.1) is 5.41 Å². The van der Waals surface area contributed by atoms with Crippen LogP contribution >= 0.6 is 15.9 Å². The lowest BCUT2D eigenvalue weighted by atomic mass is 9.69. The molecule has 1 N–H and O–H groups in total. The summed E-state index contributed by atoms with van der Waals surface area (Å²) in [5.41, 5.74) is 0.934. The Balaban J connectivity index is 2.12. The predicted molar refractivity (Wildman–Crippen MR) is 81.6 cm³/mol. The summed E-state index contributed by atoms with van der Waals surface area (Å²) in [6, 6.07) is 5.94. The van der Waals surface area contributed by atoms with Crippen molar-refractivity contribution in [3.8, 4) is 5.75 Å². The van der Waals surface area contributed by atoms with Gasteiger partial charge in [-0.2, -0.15) is 0 Å². The van der Waals surface area contributed by atoms with Gasteiger partial charge in [0.25, 0.3) is 0 Å². The highest BCUT2D eigenvalue weighted by Crippen LogP contribution is 2.42. The molecule has 1 aromatic rings. The van der Waals surface area contributed by atoms with Crippen LogP contribution in [-0.4, -0.2) is 17.8 Å². The number of methoxy groups -OCH3 is 1. The summed E-state index contributed by atoms with van der Waals surface area (Å²) in [6.45, 7) is 4.57. The topological polar surface area (TPSA) is 29.5 Å². The van der Waals surface area contributed by atoms with Gasteiger partial charge in [-0.05, 0) is 54.9 Å². The van der Waals surface area contributed by atoms with Gasteiger partial charge in [-0.3, -0.25) is 0 Å². The van der Waals surface area contributed by atoms with E-state index in [4.69, 9.17) is 4.74 Å². The number of ether oxygens (including phenoxy) is 1. The summed E-state index contributed by atoms with van der Waals surface area (Å²) >= 11 is 3.57. The van der Waals surface area contributed by atoms with Crippen molar-refractivity contribution in [3.05, 3.63) is 28.2 Å². The predicted octanol–water partition coefficient (Wildman–Crippen LogP) is 4.33. The first-order valence-electron chi connectivity index (χ1n) is 6.88. The van der Waals surface area contributed by atoms with Gasteiger partial charge in [0, 0.05) is 10.9 Å². The summed E-state index contributed by atoms with van der Waals surface area (Å²) in [5, 5.41) is 10.8. The van der Waals surface area contributed by atoms with Crippen LogP contribution in [0.3, 0.4) is 0 Å². The Bertz CT molecular complexity index is 444. The molecule has 3 heteroatoms. The molecule has 2 rings (SSSR count). The average molecular weight is 327 g/mol. The third-order valence-corrected chi connectivity index (χ3v) is 5.08. The number of benzene rings is 1. The molecule has 1 aromatic carbocycles. The molecule has 0 atom stereocenters. The van der Waals surface area contributed by atoms with E-state index in [1.165, 1.54) is 0 Å². The Labute approximate surface area is 124 Å². The molecule has 1 fully saturated rings. The fourth-order valence-corrected chi connectivity index (χ4v) is 3.12. The molecular weight excluding hydrogens is 304 g/mol. The Kier molecular flexibility index (Phi) is 4.26. The fraction of sp³-hybridized carbons (Fsp3) is 0.625. The number of halogens is 1. The van der Waals surface area contributed by atoms with Gasteiger partial charge in [-0.25, -0.2) is 0 Å². The number of hydrogen-bond donors (Lipinski definition) is 1. The molecule has 106 valence electrons. The lowest BCUT2D eigenvalue weighted by Crippen LogP contribution is -2.38. The summed E-state index contributed by atoms with van der Waals surface area (Å²) in [7, 11) is 1.67. The molecule has 1 aliphatic rings. The minimum Gasteiger partial charge on any atom is -0.497 e. The molecule has 1 saturated carbocycles. The molecule has 19 heavy (non-hydrogen) atoms. The SMILES string of the molecule is COc1ccc(Br)c(CC2(O)CCC(C)(C)CC2)c1. The molecule has 0 bridgehead atoms. The average Bonchev–Trinajstić information content (AvgIpc) is 2.37.